The molecule has 1 aliphatic heterocycles. The third-order valence-electron chi connectivity index (χ3n) is 3.00. The maximum absolute atomic E-state index is 12.3. The maximum atomic E-state index is 12.3. The quantitative estimate of drug-likeness (QED) is 0.871. The van der Waals surface area contributed by atoms with Crippen molar-refractivity contribution in [3.63, 3.8) is 0 Å². The topological polar surface area (TPSA) is 103 Å². The SMILES string of the molecule is CC1CON=C(c2ccccc2CS(=O)(=O)NC(=O)OC(C)(C)C)O1. The summed E-state index contributed by atoms with van der Waals surface area (Å²) in [6, 6.07) is 6.72. The Kier molecular flexibility index (Phi) is 5.56. The zero-order valence-corrected chi connectivity index (χ0v) is 15.4. The third kappa shape index (κ3) is 5.93. The Balaban J connectivity index is 2.17. The largest absolute Gasteiger partial charge is 0.468 e. The molecule has 1 heterocycles. The number of oxime groups is 1. The summed E-state index contributed by atoms with van der Waals surface area (Å²) in [6.07, 6.45) is -1.22. The van der Waals surface area contributed by atoms with Crippen molar-refractivity contribution in [2.45, 2.75) is 45.2 Å². The molecule has 0 spiro atoms. The molecule has 1 atom stereocenters. The van der Waals surface area contributed by atoms with Crippen molar-refractivity contribution in [3.05, 3.63) is 35.4 Å². The number of rotatable bonds is 4. The van der Waals surface area contributed by atoms with E-state index in [0.717, 1.165) is 0 Å². The van der Waals surface area contributed by atoms with Crippen molar-refractivity contribution in [3.8, 4) is 0 Å². The first-order valence-electron chi connectivity index (χ1n) is 7.74. The molecular weight excluding hydrogens is 348 g/mol. The molecule has 1 N–H and O–H groups in total. The number of ether oxygens (including phenoxy) is 2. The van der Waals surface area contributed by atoms with E-state index in [1.165, 1.54) is 0 Å². The monoisotopic (exact) mass is 370 g/mol. The van der Waals surface area contributed by atoms with Gasteiger partial charge >= 0.3 is 6.09 Å². The maximum Gasteiger partial charge on any atom is 0.421 e. The highest BCUT2D eigenvalue weighted by atomic mass is 32.2. The van der Waals surface area contributed by atoms with Gasteiger partial charge in [0.05, 0.1) is 5.75 Å². The van der Waals surface area contributed by atoms with Crippen molar-refractivity contribution in [1.82, 2.24) is 4.72 Å². The van der Waals surface area contributed by atoms with Crippen LogP contribution < -0.4 is 4.72 Å². The normalized spacial score (nSPS) is 17.8. The van der Waals surface area contributed by atoms with Crippen LogP contribution in [0.1, 0.15) is 38.8 Å². The third-order valence-corrected chi connectivity index (χ3v) is 4.17. The Morgan fingerprint density at radius 2 is 2.04 bits per heavy atom. The summed E-state index contributed by atoms with van der Waals surface area (Å²) in [4.78, 5) is 16.8. The summed E-state index contributed by atoms with van der Waals surface area (Å²) < 4.78 is 37.0. The van der Waals surface area contributed by atoms with E-state index in [1.807, 2.05) is 11.6 Å². The Hall–Kier alpha value is -2.29. The van der Waals surface area contributed by atoms with Gasteiger partial charge in [-0.3, -0.25) is 0 Å². The fourth-order valence-corrected chi connectivity index (χ4v) is 3.11. The predicted molar refractivity (Wildman–Crippen MR) is 91.5 cm³/mol. The van der Waals surface area contributed by atoms with Gasteiger partial charge in [0.1, 0.15) is 11.7 Å². The van der Waals surface area contributed by atoms with Crippen molar-refractivity contribution in [1.29, 1.82) is 0 Å². The minimum absolute atomic E-state index is 0.197. The zero-order valence-electron chi connectivity index (χ0n) is 14.6. The molecule has 0 aliphatic carbocycles. The number of carbonyl (C=O) groups excluding carboxylic acids is 1. The molecule has 1 aromatic carbocycles. The second-order valence-corrected chi connectivity index (χ2v) is 8.36. The summed E-state index contributed by atoms with van der Waals surface area (Å²) in [7, 11) is -3.96. The van der Waals surface area contributed by atoms with Crippen LogP contribution in [0.3, 0.4) is 0 Å². The van der Waals surface area contributed by atoms with Gasteiger partial charge in [-0.1, -0.05) is 18.2 Å². The van der Waals surface area contributed by atoms with Gasteiger partial charge in [-0.2, -0.15) is 0 Å². The van der Waals surface area contributed by atoms with Crippen LogP contribution in [-0.4, -0.2) is 38.7 Å². The molecule has 1 unspecified atom stereocenters. The molecule has 0 saturated carbocycles. The van der Waals surface area contributed by atoms with Crippen LogP contribution >= 0.6 is 0 Å². The smallest absolute Gasteiger partial charge is 0.421 e. The first kappa shape index (κ1) is 19.0. The first-order valence-corrected chi connectivity index (χ1v) is 9.39. The lowest BCUT2D eigenvalue weighted by Crippen LogP contribution is -2.37. The van der Waals surface area contributed by atoms with Crippen molar-refractivity contribution in [2.75, 3.05) is 6.61 Å². The molecule has 25 heavy (non-hydrogen) atoms. The number of carbonyl (C=O) groups is 1. The lowest BCUT2D eigenvalue weighted by Gasteiger charge is -2.21. The molecule has 9 heteroatoms. The van der Waals surface area contributed by atoms with Gasteiger partial charge in [0, 0.05) is 5.56 Å². The second-order valence-electron chi connectivity index (χ2n) is 6.64. The molecule has 1 amide bonds. The fraction of sp³-hybridized carbons (Fsp3) is 0.500. The van der Waals surface area contributed by atoms with E-state index in [1.54, 1.807) is 45.0 Å². The van der Waals surface area contributed by atoms with Crippen molar-refractivity contribution >= 4 is 22.0 Å². The molecule has 0 aromatic heterocycles. The average Bonchev–Trinajstić information content (AvgIpc) is 2.44. The summed E-state index contributed by atoms with van der Waals surface area (Å²) in [6.45, 7) is 7.08. The number of nitrogens with zero attached hydrogens (tertiary/aromatic N) is 1. The van der Waals surface area contributed by atoms with E-state index in [-0.39, 0.29) is 12.0 Å². The van der Waals surface area contributed by atoms with Gasteiger partial charge in [0.15, 0.2) is 6.61 Å². The lowest BCUT2D eigenvalue weighted by atomic mass is 10.1. The lowest BCUT2D eigenvalue weighted by molar-refractivity contribution is 0.0196. The van der Waals surface area contributed by atoms with Crippen LogP contribution in [0.25, 0.3) is 0 Å². The van der Waals surface area contributed by atoms with Crippen molar-refractivity contribution in [2.24, 2.45) is 5.16 Å². The van der Waals surface area contributed by atoms with Gasteiger partial charge in [-0.15, -0.1) is 0 Å². The van der Waals surface area contributed by atoms with Crippen LogP contribution in [0.4, 0.5) is 4.79 Å². The van der Waals surface area contributed by atoms with Crippen LogP contribution in [0.2, 0.25) is 0 Å². The highest BCUT2D eigenvalue weighted by Gasteiger charge is 2.25. The number of nitrogens with one attached hydrogen (secondary N) is 1. The molecule has 0 saturated heterocycles. The van der Waals surface area contributed by atoms with E-state index in [4.69, 9.17) is 14.3 Å². The van der Waals surface area contributed by atoms with Crippen LogP contribution in [-0.2, 0) is 30.1 Å². The first-order chi connectivity index (χ1) is 11.6. The molecule has 8 nitrogen and oxygen atoms in total. The fourth-order valence-electron chi connectivity index (χ4n) is 2.08. The van der Waals surface area contributed by atoms with Gasteiger partial charge < -0.3 is 14.3 Å². The Labute approximate surface area is 147 Å². The molecular formula is C16H22N2O6S. The Morgan fingerprint density at radius 3 is 2.68 bits per heavy atom. The number of hydrogen-bond donors (Lipinski definition) is 1. The molecule has 0 bridgehead atoms. The van der Waals surface area contributed by atoms with Crippen LogP contribution in [0, 0.1) is 0 Å². The van der Waals surface area contributed by atoms with E-state index in [0.29, 0.717) is 17.7 Å². The van der Waals surface area contributed by atoms with E-state index in [2.05, 4.69) is 5.16 Å². The minimum atomic E-state index is -3.96. The minimum Gasteiger partial charge on any atom is -0.468 e. The van der Waals surface area contributed by atoms with Gasteiger partial charge in [-0.05, 0) is 44.5 Å². The Morgan fingerprint density at radius 1 is 1.36 bits per heavy atom. The summed E-state index contributed by atoms with van der Waals surface area (Å²) >= 11 is 0. The number of hydrogen-bond acceptors (Lipinski definition) is 7. The van der Waals surface area contributed by atoms with Gasteiger partial charge in [0.25, 0.3) is 5.90 Å². The number of amides is 1. The van der Waals surface area contributed by atoms with Crippen molar-refractivity contribution < 1.29 is 27.5 Å². The molecule has 0 fully saturated rings. The van der Waals surface area contributed by atoms with Crippen LogP contribution in [0.5, 0.6) is 0 Å². The standard InChI is InChI=1S/C16H22N2O6S/c1-11-9-22-17-14(23-11)13-8-6-5-7-12(13)10-25(20,21)18-15(19)24-16(2,3)4/h5-8,11H,9-10H2,1-4H3,(H,18,19). The van der Waals surface area contributed by atoms with E-state index in [9.17, 15) is 13.2 Å². The highest BCUT2D eigenvalue weighted by molar-refractivity contribution is 7.89. The van der Waals surface area contributed by atoms with Gasteiger partial charge in [-0.25, -0.2) is 17.9 Å². The molecule has 2 rings (SSSR count). The summed E-state index contributed by atoms with van der Waals surface area (Å²) in [5.41, 5.74) is 0.119. The van der Waals surface area contributed by atoms with Gasteiger partial charge in [0.2, 0.25) is 10.0 Å². The van der Waals surface area contributed by atoms with E-state index < -0.39 is 27.5 Å². The molecule has 138 valence electrons. The van der Waals surface area contributed by atoms with E-state index >= 15 is 0 Å². The Bertz CT molecular complexity index is 767. The molecule has 0 radical (unpaired) electrons. The molecule has 1 aromatic rings. The number of benzene rings is 1. The second kappa shape index (κ2) is 7.30. The predicted octanol–water partition coefficient (Wildman–Crippen LogP) is 2.14. The summed E-state index contributed by atoms with van der Waals surface area (Å²) in [5.74, 6) is -0.221. The molecule has 1 aliphatic rings. The number of sulfonamides is 1. The zero-order chi connectivity index (χ0) is 18.7. The van der Waals surface area contributed by atoms with Crippen LogP contribution in [0.15, 0.2) is 29.4 Å². The average molecular weight is 370 g/mol. The summed E-state index contributed by atoms with van der Waals surface area (Å²) in [5, 5.41) is 3.84. The highest BCUT2D eigenvalue weighted by Crippen LogP contribution is 2.18.